The van der Waals surface area contributed by atoms with Gasteiger partial charge >= 0.3 is 6.03 Å². The topological polar surface area (TPSA) is 44.4 Å². The van der Waals surface area contributed by atoms with Crippen molar-refractivity contribution in [2.75, 3.05) is 26.2 Å². The van der Waals surface area contributed by atoms with Gasteiger partial charge < -0.3 is 15.5 Å². The molecule has 18 heavy (non-hydrogen) atoms. The van der Waals surface area contributed by atoms with Gasteiger partial charge in [0.1, 0.15) is 0 Å². The van der Waals surface area contributed by atoms with Crippen molar-refractivity contribution in [2.24, 2.45) is 0 Å². The van der Waals surface area contributed by atoms with E-state index in [9.17, 15) is 4.79 Å². The number of nitrogens with zero attached hydrogens (tertiary/aromatic N) is 1. The van der Waals surface area contributed by atoms with Crippen molar-refractivity contribution in [1.82, 2.24) is 15.5 Å². The Labute approximate surface area is 109 Å². The molecule has 4 nitrogen and oxygen atoms in total. The molecule has 2 amide bonds. The van der Waals surface area contributed by atoms with E-state index in [2.05, 4.69) is 29.4 Å². The number of carbonyl (C=O) groups excluding carboxylic acids is 1. The minimum Gasteiger partial charge on any atom is -0.337 e. The van der Waals surface area contributed by atoms with E-state index < -0.39 is 0 Å². The predicted molar refractivity (Wildman–Crippen MR) is 74.5 cm³/mol. The molecule has 0 fully saturated rings. The zero-order chi connectivity index (χ0) is 13.2. The molecule has 0 aliphatic rings. The second kappa shape index (κ2) is 8.53. The van der Waals surface area contributed by atoms with Crippen LogP contribution in [0.1, 0.15) is 19.4 Å². The minimum absolute atomic E-state index is 0.106. The molecule has 0 saturated carbocycles. The molecule has 0 spiro atoms. The van der Waals surface area contributed by atoms with E-state index in [0.717, 1.165) is 25.2 Å². The number of hydrogen-bond acceptors (Lipinski definition) is 2. The molecular weight excluding hydrogens is 226 g/mol. The highest BCUT2D eigenvalue weighted by Crippen LogP contribution is 1.96. The number of carbonyl (C=O) groups is 1. The van der Waals surface area contributed by atoms with Crippen LogP contribution in [-0.2, 0) is 6.54 Å². The molecule has 0 aliphatic carbocycles. The summed E-state index contributed by atoms with van der Waals surface area (Å²) >= 11 is 0. The lowest BCUT2D eigenvalue weighted by atomic mass is 10.2. The Kier molecular flexibility index (Phi) is 6.87. The van der Waals surface area contributed by atoms with Gasteiger partial charge in [0.05, 0.1) is 0 Å². The number of hydrogen-bond donors (Lipinski definition) is 2. The fourth-order valence-electron chi connectivity index (χ4n) is 1.71. The van der Waals surface area contributed by atoms with Gasteiger partial charge in [0.15, 0.2) is 0 Å². The summed E-state index contributed by atoms with van der Waals surface area (Å²) in [5.74, 6) is 0. The van der Waals surface area contributed by atoms with Crippen LogP contribution in [0.25, 0.3) is 0 Å². The van der Waals surface area contributed by atoms with E-state index in [1.807, 2.05) is 30.3 Å². The number of amides is 2. The summed E-state index contributed by atoms with van der Waals surface area (Å²) in [6, 6.07) is 9.79. The quantitative estimate of drug-likeness (QED) is 0.774. The maximum Gasteiger partial charge on any atom is 0.315 e. The summed E-state index contributed by atoms with van der Waals surface area (Å²) in [5, 5.41) is 5.70. The Morgan fingerprint density at radius 2 is 1.78 bits per heavy atom. The van der Waals surface area contributed by atoms with Gasteiger partial charge in [-0.05, 0) is 18.7 Å². The SMILES string of the molecule is CCN(CC)CCNC(=O)NCc1ccccc1. The fraction of sp³-hybridized carbons (Fsp3) is 0.500. The average molecular weight is 249 g/mol. The van der Waals surface area contributed by atoms with Gasteiger partial charge in [-0.15, -0.1) is 0 Å². The Morgan fingerprint density at radius 3 is 2.39 bits per heavy atom. The predicted octanol–water partition coefficient (Wildman–Crippen LogP) is 1.83. The molecule has 0 atom stereocenters. The molecule has 0 aromatic heterocycles. The minimum atomic E-state index is -0.106. The van der Waals surface area contributed by atoms with Crippen LogP contribution >= 0.6 is 0 Å². The number of benzene rings is 1. The van der Waals surface area contributed by atoms with Crippen LogP contribution in [0, 0.1) is 0 Å². The molecule has 0 radical (unpaired) electrons. The first kappa shape index (κ1) is 14.5. The number of rotatable bonds is 7. The molecule has 1 aromatic rings. The third kappa shape index (κ3) is 5.68. The fourth-order valence-corrected chi connectivity index (χ4v) is 1.71. The highest BCUT2D eigenvalue weighted by molar-refractivity contribution is 5.73. The zero-order valence-electron chi connectivity index (χ0n) is 11.3. The third-order valence-electron chi connectivity index (χ3n) is 2.90. The lowest BCUT2D eigenvalue weighted by Gasteiger charge is -2.18. The molecule has 100 valence electrons. The summed E-state index contributed by atoms with van der Waals surface area (Å²) in [5.41, 5.74) is 1.11. The van der Waals surface area contributed by atoms with Crippen molar-refractivity contribution < 1.29 is 4.79 Å². The van der Waals surface area contributed by atoms with Crippen molar-refractivity contribution in [2.45, 2.75) is 20.4 Å². The molecule has 0 unspecified atom stereocenters. The normalized spacial score (nSPS) is 10.4. The number of urea groups is 1. The molecule has 0 bridgehead atoms. The summed E-state index contributed by atoms with van der Waals surface area (Å²) < 4.78 is 0. The van der Waals surface area contributed by atoms with E-state index in [0.29, 0.717) is 13.1 Å². The summed E-state index contributed by atoms with van der Waals surface area (Å²) in [6.45, 7) is 8.43. The van der Waals surface area contributed by atoms with E-state index >= 15 is 0 Å². The van der Waals surface area contributed by atoms with Crippen LogP contribution in [0.2, 0.25) is 0 Å². The zero-order valence-corrected chi connectivity index (χ0v) is 11.3. The largest absolute Gasteiger partial charge is 0.337 e. The Balaban J connectivity index is 2.14. The van der Waals surface area contributed by atoms with Crippen molar-refractivity contribution in [1.29, 1.82) is 0 Å². The van der Waals surface area contributed by atoms with Crippen LogP contribution in [0.15, 0.2) is 30.3 Å². The second-order valence-corrected chi connectivity index (χ2v) is 4.12. The first-order valence-electron chi connectivity index (χ1n) is 6.54. The number of likely N-dealkylation sites (N-methyl/N-ethyl adjacent to an activating group) is 1. The molecular formula is C14H23N3O. The Morgan fingerprint density at radius 1 is 1.11 bits per heavy atom. The molecule has 2 N–H and O–H groups in total. The highest BCUT2D eigenvalue weighted by Gasteiger charge is 2.01. The molecule has 4 heteroatoms. The van der Waals surface area contributed by atoms with Gasteiger partial charge in [0.25, 0.3) is 0 Å². The van der Waals surface area contributed by atoms with Crippen molar-refractivity contribution in [3.63, 3.8) is 0 Å². The van der Waals surface area contributed by atoms with Gasteiger partial charge in [-0.1, -0.05) is 44.2 Å². The standard InChI is InChI=1S/C14H23N3O/c1-3-17(4-2)11-10-15-14(18)16-12-13-8-6-5-7-9-13/h5-9H,3-4,10-12H2,1-2H3,(H2,15,16,18). The molecule has 0 heterocycles. The molecule has 1 rings (SSSR count). The van der Waals surface area contributed by atoms with Crippen LogP contribution in [0.4, 0.5) is 4.79 Å². The lowest BCUT2D eigenvalue weighted by Crippen LogP contribution is -2.40. The molecule has 1 aromatic carbocycles. The maximum atomic E-state index is 11.5. The van der Waals surface area contributed by atoms with Crippen molar-refractivity contribution >= 4 is 6.03 Å². The lowest BCUT2D eigenvalue weighted by molar-refractivity contribution is 0.236. The van der Waals surface area contributed by atoms with Crippen LogP contribution in [0.5, 0.6) is 0 Å². The second-order valence-electron chi connectivity index (χ2n) is 4.12. The highest BCUT2D eigenvalue weighted by atomic mass is 16.2. The average Bonchev–Trinajstić information content (AvgIpc) is 2.42. The van der Waals surface area contributed by atoms with Gasteiger partial charge in [-0.2, -0.15) is 0 Å². The van der Waals surface area contributed by atoms with Gasteiger partial charge in [-0.25, -0.2) is 4.79 Å². The monoisotopic (exact) mass is 249 g/mol. The Bertz CT molecular complexity index is 336. The number of nitrogens with one attached hydrogen (secondary N) is 2. The van der Waals surface area contributed by atoms with E-state index in [4.69, 9.17) is 0 Å². The van der Waals surface area contributed by atoms with E-state index in [1.54, 1.807) is 0 Å². The first-order chi connectivity index (χ1) is 8.76. The van der Waals surface area contributed by atoms with E-state index in [1.165, 1.54) is 0 Å². The van der Waals surface area contributed by atoms with Crippen molar-refractivity contribution in [3.8, 4) is 0 Å². The van der Waals surface area contributed by atoms with E-state index in [-0.39, 0.29) is 6.03 Å². The van der Waals surface area contributed by atoms with Gasteiger partial charge in [0.2, 0.25) is 0 Å². The van der Waals surface area contributed by atoms with Crippen LogP contribution in [-0.4, -0.2) is 37.1 Å². The van der Waals surface area contributed by atoms with Gasteiger partial charge in [0, 0.05) is 19.6 Å². The van der Waals surface area contributed by atoms with Crippen LogP contribution in [0.3, 0.4) is 0 Å². The maximum absolute atomic E-state index is 11.5. The summed E-state index contributed by atoms with van der Waals surface area (Å²) in [6.07, 6.45) is 0. The Hall–Kier alpha value is -1.55. The first-order valence-corrected chi connectivity index (χ1v) is 6.54. The summed E-state index contributed by atoms with van der Waals surface area (Å²) in [4.78, 5) is 13.8. The molecule has 0 saturated heterocycles. The summed E-state index contributed by atoms with van der Waals surface area (Å²) in [7, 11) is 0. The van der Waals surface area contributed by atoms with Gasteiger partial charge in [-0.3, -0.25) is 0 Å². The smallest absolute Gasteiger partial charge is 0.315 e. The van der Waals surface area contributed by atoms with Crippen LogP contribution < -0.4 is 10.6 Å². The molecule has 0 aliphatic heterocycles. The van der Waals surface area contributed by atoms with Crippen molar-refractivity contribution in [3.05, 3.63) is 35.9 Å². The third-order valence-corrected chi connectivity index (χ3v) is 2.90.